The second-order valence-electron chi connectivity index (χ2n) is 5.62. The third kappa shape index (κ3) is 4.17. The van der Waals surface area contributed by atoms with Crippen LogP contribution >= 0.6 is 0 Å². The minimum absolute atomic E-state index is 0.0272. The average molecular weight is 378 g/mol. The van der Waals surface area contributed by atoms with Gasteiger partial charge in [0.25, 0.3) is 5.91 Å². The van der Waals surface area contributed by atoms with Crippen LogP contribution in [0.1, 0.15) is 6.42 Å². The number of carbonyl (C=O) groups excluding carboxylic acids is 2. The van der Waals surface area contributed by atoms with Crippen LogP contribution in [0.4, 0.5) is 15.8 Å². The fourth-order valence-electron chi connectivity index (χ4n) is 2.39. The molecule has 9 heteroatoms. The van der Waals surface area contributed by atoms with Crippen LogP contribution in [-0.2, 0) is 19.4 Å². The van der Waals surface area contributed by atoms with Gasteiger partial charge in [-0.3, -0.25) is 9.59 Å². The fourth-order valence-corrected chi connectivity index (χ4v) is 3.65. The Morgan fingerprint density at radius 1 is 1.23 bits per heavy atom. The van der Waals surface area contributed by atoms with Gasteiger partial charge >= 0.3 is 0 Å². The van der Waals surface area contributed by atoms with E-state index in [0.717, 1.165) is 6.07 Å². The van der Waals surface area contributed by atoms with Gasteiger partial charge in [-0.1, -0.05) is 6.07 Å². The number of anilines is 2. The molecule has 0 unspecified atom stereocenters. The van der Waals surface area contributed by atoms with E-state index in [2.05, 4.69) is 10.6 Å². The summed E-state index contributed by atoms with van der Waals surface area (Å²) in [7, 11) is -3.75. The number of hydrogen-bond donors (Lipinski definition) is 2. The van der Waals surface area contributed by atoms with Gasteiger partial charge in [-0.05, 0) is 36.4 Å². The van der Waals surface area contributed by atoms with Gasteiger partial charge in [-0.15, -0.1) is 0 Å². The molecular weight excluding hydrogens is 363 g/mol. The maximum absolute atomic E-state index is 13.1. The molecule has 1 heterocycles. The Hall–Kier alpha value is -2.94. The van der Waals surface area contributed by atoms with Crippen LogP contribution in [0.15, 0.2) is 47.4 Å². The minimum atomic E-state index is -3.75. The van der Waals surface area contributed by atoms with Crippen LogP contribution < -0.4 is 15.4 Å². The van der Waals surface area contributed by atoms with Gasteiger partial charge < -0.3 is 15.4 Å². The maximum atomic E-state index is 13.1. The number of carbonyl (C=O) groups is 2. The van der Waals surface area contributed by atoms with Crippen LogP contribution in [-0.4, -0.2) is 32.6 Å². The van der Waals surface area contributed by atoms with E-state index in [0.29, 0.717) is 5.75 Å². The summed E-state index contributed by atoms with van der Waals surface area (Å²) in [6, 6.07) is 9.42. The van der Waals surface area contributed by atoms with E-state index in [4.69, 9.17) is 4.74 Å². The van der Waals surface area contributed by atoms with Crippen LogP contribution in [0, 0.1) is 5.82 Å². The Morgan fingerprint density at radius 3 is 2.81 bits per heavy atom. The van der Waals surface area contributed by atoms with E-state index in [-0.39, 0.29) is 35.2 Å². The highest BCUT2D eigenvalue weighted by atomic mass is 32.2. The van der Waals surface area contributed by atoms with Crippen LogP contribution in [0.5, 0.6) is 5.75 Å². The van der Waals surface area contributed by atoms with Crippen molar-refractivity contribution in [2.45, 2.75) is 11.3 Å². The Balaban J connectivity index is 1.66. The summed E-state index contributed by atoms with van der Waals surface area (Å²) in [5, 5.41) is 4.97. The Bertz CT molecular complexity index is 975. The second-order valence-corrected chi connectivity index (χ2v) is 7.73. The summed E-state index contributed by atoms with van der Waals surface area (Å²) >= 11 is 0. The molecule has 26 heavy (non-hydrogen) atoms. The lowest BCUT2D eigenvalue weighted by molar-refractivity contribution is -0.118. The summed E-state index contributed by atoms with van der Waals surface area (Å²) in [4.78, 5) is 23.2. The molecule has 1 aliphatic heterocycles. The lowest BCUT2D eigenvalue weighted by Gasteiger charge is -2.18. The third-order valence-corrected chi connectivity index (χ3v) is 5.36. The van der Waals surface area contributed by atoms with Gasteiger partial charge in [-0.2, -0.15) is 0 Å². The highest BCUT2D eigenvalue weighted by molar-refractivity contribution is 7.91. The lowest BCUT2D eigenvalue weighted by Crippen LogP contribution is -2.25. The smallest absolute Gasteiger partial charge is 0.262 e. The number of ether oxygens (including phenoxy) is 1. The molecule has 136 valence electrons. The molecule has 7 nitrogen and oxygen atoms in total. The molecule has 2 aromatic rings. The van der Waals surface area contributed by atoms with Crippen molar-refractivity contribution in [3.63, 3.8) is 0 Å². The van der Waals surface area contributed by atoms with Crippen molar-refractivity contribution in [1.29, 1.82) is 0 Å². The zero-order chi connectivity index (χ0) is 18.7. The Kier molecular flexibility index (Phi) is 4.90. The summed E-state index contributed by atoms with van der Waals surface area (Å²) in [5.74, 6) is -1.47. The van der Waals surface area contributed by atoms with Crippen LogP contribution in [0.3, 0.4) is 0 Å². The fraction of sp³-hybridized carbons (Fsp3) is 0.176. The molecule has 2 N–H and O–H groups in total. The van der Waals surface area contributed by atoms with Gasteiger partial charge in [0, 0.05) is 12.1 Å². The van der Waals surface area contributed by atoms with Crippen molar-refractivity contribution < 1.29 is 27.1 Å². The number of nitrogens with one attached hydrogen (secondary N) is 2. The van der Waals surface area contributed by atoms with Crippen molar-refractivity contribution in [2.24, 2.45) is 0 Å². The molecule has 0 aromatic heterocycles. The number of benzene rings is 2. The first kappa shape index (κ1) is 17.9. The molecule has 0 atom stereocenters. The minimum Gasteiger partial charge on any atom is -0.482 e. The highest BCUT2D eigenvalue weighted by Crippen LogP contribution is 2.30. The quantitative estimate of drug-likeness (QED) is 0.828. The van der Waals surface area contributed by atoms with E-state index in [9.17, 15) is 22.4 Å². The molecule has 2 aromatic carbocycles. The first-order chi connectivity index (χ1) is 12.3. The van der Waals surface area contributed by atoms with Crippen LogP contribution in [0.2, 0.25) is 0 Å². The molecule has 0 bridgehead atoms. The zero-order valence-corrected chi connectivity index (χ0v) is 14.3. The molecule has 0 radical (unpaired) electrons. The number of amides is 2. The monoisotopic (exact) mass is 378 g/mol. The molecule has 0 spiro atoms. The van der Waals surface area contributed by atoms with E-state index >= 15 is 0 Å². The molecule has 1 aliphatic rings. The van der Waals surface area contributed by atoms with Crippen molar-refractivity contribution >= 4 is 33.0 Å². The topological polar surface area (TPSA) is 102 Å². The number of fused-ring (bicyclic) bond motifs is 1. The maximum Gasteiger partial charge on any atom is 0.262 e. The van der Waals surface area contributed by atoms with Gasteiger partial charge in [0.1, 0.15) is 11.6 Å². The predicted molar refractivity (Wildman–Crippen MR) is 92.3 cm³/mol. The summed E-state index contributed by atoms with van der Waals surface area (Å²) in [6.45, 7) is -0.126. The van der Waals surface area contributed by atoms with Crippen molar-refractivity contribution in [3.05, 3.63) is 48.3 Å². The summed E-state index contributed by atoms with van der Waals surface area (Å²) in [5.41, 5.74) is 0.521. The number of sulfone groups is 1. The van der Waals surface area contributed by atoms with Crippen molar-refractivity contribution in [1.82, 2.24) is 0 Å². The summed E-state index contributed by atoms with van der Waals surface area (Å²) < 4.78 is 43.1. The molecule has 0 saturated heterocycles. The largest absolute Gasteiger partial charge is 0.482 e. The van der Waals surface area contributed by atoms with E-state index in [1.807, 2.05) is 0 Å². The second kappa shape index (κ2) is 7.12. The SMILES string of the molecule is O=C(CCS(=O)(=O)c1ccc2c(c1)NC(=O)CO2)Nc1cccc(F)c1. The van der Waals surface area contributed by atoms with Gasteiger partial charge in [0.15, 0.2) is 16.4 Å². The first-order valence-electron chi connectivity index (χ1n) is 7.68. The van der Waals surface area contributed by atoms with Crippen molar-refractivity contribution in [2.75, 3.05) is 23.0 Å². The third-order valence-electron chi connectivity index (χ3n) is 3.65. The number of rotatable bonds is 5. The van der Waals surface area contributed by atoms with E-state index in [1.54, 1.807) is 0 Å². The average Bonchev–Trinajstić information content (AvgIpc) is 2.59. The summed E-state index contributed by atoms with van der Waals surface area (Å²) in [6.07, 6.45) is -0.293. The van der Waals surface area contributed by atoms with E-state index < -0.39 is 27.3 Å². The van der Waals surface area contributed by atoms with Gasteiger partial charge in [-0.25, -0.2) is 12.8 Å². The van der Waals surface area contributed by atoms with Crippen LogP contribution in [0.25, 0.3) is 0 Å². The Labute approximate surface area is 149 Å². The van der Waals surface area contributed by atoms with Crippen molar-refractivity contribution in [3.8, 4) is 5.75 Å². The molecule has 0 fully saturated rings. The highest BCUT2D eigenvalue weighted by Gasteiger charge is 2.21. The zero-order valence-electron chi connectivity index (χ0n) is 13.5. The van der Waals surface area contributed by atoms with E-state index in [1.165, 1.54) is 36.4 Å². The Morgan fingerprint density at radius 2 is 2.04 bits per heavy atom. The molecule has 0 saturated carbocycles. The standard InChI is InChI=1S/C17H15FN2O5S/c18-11-2-1-3-12(8-11)19-16(21)6-7-26(23,24)13-4-5-15-14(9-13)20-17(22)10-25-15/h1-5,8-9H,6-7,10H2,(H,19,21)(H,20,22). The molecule has 2 amide bonds. The lowest BCUT2D eigenvalue weighted by atomic mass is 10.2. The van der Waals surface area contributed by atoms with Gasteiger partial charge in [0.2, 0.25) is 5.91 Å². The number of halogens is 1. The molecule has 0 aliphatic carbocycles. The van der Waals surface area contributed by atoms with Gasteiger partial charge in [0.05, 0.1) is 16.3 Å². The normalized spacial score (nSPS) is 13.3. The predicted octanol–water partition coefficient (Wildman–Crippen LogP) is 1.96. The molecular formula is C17H15FN2O5S. The first-order valence-corrected chi connectivity index (χ1v) is 9.33. The molecule has 3 rings (SSSR count). The number of hydrogen-bond acceptors (Lipinski definition) is 5.